The lowest BCUT2D eigenvalue weighted by molar-refractivity contribution is -0.180. The van der Waals surface area contributed by atoms with Gasteiger partial charge in [-0.1, -0.05) is 30.3 Å². The molecule has 0 N–H and O–H groups in total. The summed E-state index contributed by atoms with van der Waals surface area (Å²) in [6, 6.07) is 9.92. The van der Waals surface area contributed by atoms with Crippen molar-refractivity contribution in [2.24, 2.45) is 0 Å². The first kappa shape index (κ1) is 20.6. The number of benzene rings is 1. The third-order valence-corrected chi connectivity index (χ3v) is 6.59. The number of ether oxygens (including phenoxy) is 3. The molecule has 0 radical (unpaired) electrons. The van der Waals surface area contributed by atoms with Gasteiger partial charge in [0.15, 0.2) is 18.3 Å². The van der Waals surface area contributed by atoms with Crippen molar-refractivity contribution in [1.82, 2.24) is 0 Å². The summed E-state index contributed by atoms with van der Waals surface area (Å²) >= 11 is 3.14. The molecular weight excluding hydrogens is 376 g/mol. The van der Waals surface area contributed by atoms with Crippen LogP contribution in [0.1, 0.15) is 26.3 Å². The topological polar surface area (TPSA) is 78.9 Å². The van der Waals surface area contributed by atoms with Crippen LogP contribution in [-0.4, -0.2) is 46.6 Å². The summed E-state index contributed by atoms with van der Waals surface area (Å²) in [5.74, 6) is -0.266. The van der Waals surface area contributed by atoms with Crippen LogP contribution in [0.5, 0.6) is 0 Å². The Bertz CT molecular complexity index is 636. The minimum Gasteiger partial charge on any atom is -0.458 e. The molecule has 8 heteroatoms. The van der Waals surface area contributed by atoms with Crippen LogP contribution in [0.25, 0.3) is 0 Å². The molecule has 0 spiro atoms. The van der Waals surface area contributed by atoms with Gasteiger partial charge in [0, 0.05) is 32.3 Å². The van der Waals surface area contributed by atoms with Gasteiger partial charge in [-0.3, -0.25) is 14.4 Å². The number of rotatable bonds is 6. The van der Waals surface area contributed by atoms with E-state index in [1.54, 1.807) is 11.8 Å². The molecule has 1 aliphatic heterocycles. The molecule has 6 nitrogen and oxygen atoms in total. The molecule has 26 heavy (non-hydrogen) atoms. The zero-order valence-corrected chi connectivity index (χ0v) is 16.5. The Hall–Kier alpha value is -1.67. The molecule has 0 saturated carbocycles. The zero-order valence-electron chi connectivity index (χ0n) is 14.9. The minimum absolute atomic E-state index is 0.143. The summed E-state index contributed by atoms with van der Waals surface area (Å²) in [7, 11) is 0. The second-order valence-corrected chi connectivity index (χ2v) is 8.40. The monoisotopic (exact) mass is 398 g/mol. The highest BCUT2D eigenvalue weighted by Crippen LogP contribution is 2.39. The predicted molar refractivity (Wildman–Crippen MR) is 101 cm³/mol. The lowest BCUT2D eigenvalue weighted by atomic mass is 10.1. The van der Waals surface area contributed by atoms with E-state index in [-0.39, 0.29) is 4.58 Å². The summed E-state index contributed by atoms with van der Waals surface area (Å²) in [4.78, 5) is 34.5. The van der Waals surface area contributed by atoms with Gasteiger partial charge in [-0.2, -0.15) is 0 Å². The van der Waals surface area contributed by atoms with Gasteiger partial charge in [0.05, 0.1) is 4.58 Å². The van der Waals surface area contributed by atoms with Crippen LogP contribution in [0.4, 0.5) is 0 Å². The van der Waals surface area contributed by atoms with E-state index in [2.05, 4.69) is 0 Å². The Morgan fingerprint density at radius 3 is 2.12 bits per heavy atom. The highest BCUT2D eigenvalue weighted by Gasteiger charge is 2.46. The maximum Gasteiger partial charge on any atom is 0.303 e. The van der Waals surface area contributed by atoms with Gasteiger partial charge in [-0.25, -0.2) is 0 Å². The Morgan fingerprint density at radius 2 is 1.54 bits per heavy atom. The van der Waals surface area contributed by atoms with Crippen LogP contribution < -0.4 is 0 Å². The predicted octanol–water partition coefficient (Wildman–Crippen LogP) is 2.79. The van der Waals surface area contributed by atoms with Crippen molar-refractivity contribution in [3.63, 3.8) is 0 Å². The van der Waals surface area contributed by atoms with Crippen molar-refractivity contribution in [2.45, 2.75) is 49.4 Å². The van der Waals surface area contributed by atoms with Gasteiger partial charge in [0.1, 0.15) is 0 Å². The van der Waals surface area contributed by atoms with E-state index in [0.717, 1.165) is 11.3 Å². The van der Waals surface area contributed by atoms with E-state index in [4.69, 9.17) is 14.2 Å². The molecule has 0 aliphatic carbocycles. The lowest BCUT2D eigenvalue weighted by Crippen LogP contribution is -2.53. The Kier molecular flexibility index (Phi) is 7.84. The molecule has 0 bridgehead atoms. The minimum atomic E-state index is -0.824. The van der Waals surface area contributed by atoms with E-state index in [1.807, 2.05) is 30.3 Å². The maximum atomic E-state index is 11.6. The first-order chi connectivity index (χ1) is 12.4. The van der Waals surface area contributed by atoms with Gasteiger partial charge in [0.2, 0.25) is 0 Å². The Balaban J connectivity index is 2.16. The van der Waals surface area contributed by atoms with E-state index >= 15 is 0 Å². The quantitative estimate of drug-likeness (QED) is 0.535. The maximum absolute atomic E-state index is 11.6. The third-order valence-electron chi connectivity index (χ3n) is 3.56. The van der Waals surface area contributed by atoms with Gasteiger partial charge >= 0.3 is 17.9 Å². The molecule has 1 saturated heterocycles. The highest BCUT2D eigenvalue weighted by molar-refractivity contribution is 8.16. The molecule has 1 aromatic rings. The molecule has 0 amide bonds. The van der Waals surface area contributed by atoms with Gasteiger partial charge in [-0.15, -0.1) is 23.5 Å². The van der Waals surface area contributed by atoms with Gasteiger partial charge in [0.25, 0.3) is 0 Å². The molecule has 1 aliphatic rings. The molecular formula is C18H22O6S2. The second-order valence-electron chi connectivity index (χ2n) is 5.79. The number of carbonyl (C=O) groups is 3. The van der Waals surface area contributed by atoms with Crippen molar-refractivity contribution >= 4 is 41.4 Å². The molecule has 142 valence electrons. The summed E-state index contributed by atoms with van der Waals surface area (Å²) in [5.41, 5.74) is 1.14. The number of carbonyl (C=O) groups excluding carboxylic acids is 3. The number of hydrogen-bond donors (Lipinski definition) is 0. The fourth-order valence-corrected chi connectivity index (χ4v) is 5.42. The van der Waals surface area contributed by atoms with Crippen molar-refractivity contribution < 1.29 is 28.6 Å². The van der Waals surface area contributed by atoms with Crippen LogP contribution in [0.3, 0.4) is 0 Å². The molecule has 1 fully saturated rings. The number of hydrogen-bond acceptors (Lipinski definition) is 8. The average molecular weight is 399 g/mol. The first-order valence-corrected chi connectivity index (χ1v) is 10.3. The summed E-state index contributed by atoms with van der Waals surface area (Å²) in [6.07, 6.45) is -2.18. The van der Waals surface area contributed by atoms with Crippen molar-refractivity contribution in [3.05, 3.63) is 35.9 Å². The molecule has 1 unspecified atom stereocenters. The lowest BCUT2D eigenvalue weighted by Gasteiger charge is -2.40. The van der Waals surface area contributed by atoms with E-state index in [1.165, 1.54) is 32.5 Å². The Morgan fingerprint density at radius 1 is 0.962 bits per heavy atom. The fourth-order valence-electron chi connectivity index (χ4n) is 2.60. The third kappa shape index (κ3) is 6.25. The fraction of sp³-hybridized carbons (Fsp3) is 0.500. The SMILES string of the molecule is CC(=O)O[C@H]1[C@@H](OC(C)=O)CSC(SCc2ccccc2)[C@@H]1OC(C)=O. The van der Waals surface area contributed by atoms with Crippen LogP contribution in [0.2, 0.25) is 0 Å². The second kappa shape index (κ2) is 9.87. The number of esters is 3. The van der Waals surface area contributed by atoms with Gasteiger partial charge in [-0.05, 0) is 5.56 Å². The highest BCUT2D eigenvalue weighted by atomic mass is 32.2. The van der Waals surface area contributed by atoms with Crippen molar-refractivity contribution in [2.75, 3.05) is 5.75 Å². The van der Waals surface area contributed by atoms with Crippen LogP contribution in [0.15, 0.2) is 30.3 Å². The number of thioether (sulfide) groups is 2. The van der Waals surface area contributed by atoms with Gasteiger partial charge < -0.3 is 14.2 Å². The smallest absolute Gasteiger partial charge is 0.303 e. The average Bonchev–Trinajstić information content (AvgIpc) is 2.56. The van der Waals surface area contributed by atoms with Crippen molar-refractivity contribution in [1.29, 1.82) is 0 Å². The van der Waals surface area contributed by atoms with Crippen LogP contribution in [-0.2, 0) is 34.3 Å². The molecule has 0 aromatic heterocycles. The summed E-state index contributed by atoms with van der Waals surface area (Å²) < 4.78 is 16.0. The molecule has 2 rings (SSSR count). The normalized spacial score (nSPS) is 25.2. The molecule has 4 atom stereocenters. The summed E-state index contributed by atoms with van der Waals surface area (Å²) in [5, 5.41) is 0. The molecule has 1 aromatic carbocycles. The van der Waals surface area contributed by atoms with E-state index in [9.17, 15) is 14.4 Å². The van der Waals surface area contributed by atoms with Crippen LogP contribution in [0, 0.1) is 0 Å². The first-order valence-electron chi connectivity index (χ1n) is 8.15. The zero-order chi connectivity index (χ0) is 19.1. The largest absolute Gasteiger partial charge is 0.458 e. The molecule has 1 heterocycles. The van der Waals surface area contributed by atoms with E-state index in [0.29, 0.717) is 5.75 Å². The van der Waals surface area contributed by atoms with E-state index < -0.39 is 36.2 Å². The standard InChI is InChI=1S/C18H22O6S2/c1-11(19)22-15-10-26-18(25-9-14-7-5-4-6-8-14)17(24-13(3)21)16(15)23-12(2)20/h4-8,15-18H,9-10H2,1-3H3/t15-,16-,17+,18?/m0/s1. The van der Waals surface area contributed by atoms with Crippen LogP contribution >= 0.6 is 23.5 Å². The summed E-state index contributed by atoms with van der Waals surface area (Å²) in [6.45, 7) is 3.89. The Labute approximate surface area is 161 Å². The van der Waals surface area contributed by atoms with Crippen molar-refractivity contribution in [3.8, 4) is 0 Å².